The molecule has 122 valence electrons. The molecule has 3 N–H and O–H groups in total. The number of H-pyrrole nitrogens is 1. The maximum absolute atomic E-state index is 13.0. The van der Waals surface area contributed by atoms with Gasteiger partial charge >= 0.3 is 0 Å². The molecule has 1 aliphatic heterocycles. The van der Waals surface area contributed by atoms with Crippen LogP contribution < -0.4 is 5.73 Å². The number of anilines is 1. The summed E-state index contributed by atoms with van der Waals surface area (Å²) in [7, 11) is 0. The van der Waals surface area contributed by atoms with Crippen LogP contribution in [0.4, 0.5) is 10.3 Å². The first-order valence-corrected chi connectivity index (χ1v) is 7.80. The van der Waals surface area contributed by atoms with Gasteiger partial charge in [-0.15, -0.1) is 0 Å². The fourth-order valence-corrected chi connectivity index (χ4v) is 2.96. The Kier molecular flexibility index (Phi) is 3.70. The number of imidazole rings is 1. The summed E-state index contributed by atoms with van der Waals surface area (Å²) in [6, 6.07) is 6.38. The summed E-state index contributed by atoms with van der Waals surface area (Å²) in [5, 5.41) is 0. The van der Waals surface area contributed by atoms with Crippen LogP contribution in [-0.4, -0.2) is 31.4 Å². The van der Waals surface area contributed by atoms with Crippen molar-refractivity contribution in [3.8, 4) is 11.3 Å². The molecule has 1 aromatic carbocycles. The van der Waals surface area contributed by atoms with Crippen LogP contribution in [0.1, 0.15) is 17.1 Å². The largest absolute Gasteiger partial charge is 0.368 e. The first-order valence-electron chi connectivity index (χ1n) is 7.80. The fourth-order valence-electron chi connectivity index (χ4n) is 2.96. The summed E-state index contributed by atoms with van der Waals surface area (Å²) < 4.78 is 13.0. The van der Waals surface area contributed by atoms with Crippen LogP contribution in [0.5, 0.6) is 0 Å². The maximum Gasteiger partial charge on any atom is 0.220 e. The Morgan fingerprint density at radius 3 is 2.83 bits per heavy atom. The van der Waals surface area contributed by atoms with Crippen molar-refractivity contribution < 1.29 is 4.39 Å². The van der Waals surface area contributed by atoms with Crippen molar-refractivity contribution in [3.05, 3.63) is 59.6 Å². The number of aromatic amines is 1. The van der Waals surface area contributed by atoms with Crippen molar-refractivity contribution in [2.75, 3.05) is 12.3 Å². The van der Waals surface area contributed by atoms with Gasteiger partial charge in [-0.2, -0.15) is 0 Å². The molecule has 0 bridgehead atoms. The second-order valence-corrected chi connectivity index (χ2v) is 5.91. The van der Waals surface area contributed by atoms with Crippen molar-refractivity contribution in [1.29, 1.82) is 0 Å². The average molecular weight is 324 g/mol. The Hall–Kier alpha value is -2.80. The Bertz CT molecular complexity index is 858. The van der Waals surface area contributed by atoms with Crippen LogP contribution in [0.15, 0.2) is 36.7 Å². The molecule has 0 spiro atoms. The number of nitrogens with two attached hydrogens (primary N) is 1. The molecule has 0 amide bonds. The zero-order chi connectivity index (χ0) is 16.5. The van der Waals surface area contributed by atoms with E-state index in [0.29, 0.717) is 12.5 Å². The smallest absolute Gasteiger partial charge is 0.220 e. The third-order valence-corrected chi connectivity index (χ3v) is 4.19. The van der Waals surface area contributed by atoms with Gasteiger partial charge in [0, 0.05) is 31.3 Å². The normalized spacial score (nSPS) is 14.5. The molecule has 0 saturated carbocycles. The summed E-state index contributed by atoms with van der Waals surface area (Å²) in [5.41, 5.74) is 9.58. The number of hydrogen-bond donors (Lipinski definition) is 2. The lowest BCUT2D eigenvalue weighted by Crippen LogP contribution is -2.31. The van der Waals surface area contributed by atoms with Gasteiger partial charge in [-0.25, -0.2) is 19.3 Å². The van der Waals surface area contributed by atoms with Crippen LogP contribution >= 0.6 is 0 Å². The molecule has 0 radical (unpaired) electrons. The quantitative estimate of drug-likeness (QED) is 0.771. The standard InChI is InChI=1S/C17H17FN6/c18-13-3-1-11(2-4-13)15-8-20-16(22-15)10-24-6-5-14-12(9-24)7-21-17(19)23-14/h1-4,7-8H,5-6,9-10H2,(H,20,22)(H2,19,21,23). The predicted octanol–water partition coefficient (Wildman–Crippen LogP) is 2.15. The summed E-state index contributed by atoms with van der Waals surface area (Å²) in [5.74, 6) is 0.972. The van der Waals surface area contributed by atoms with Gasteiger partial charge in [-0.05, 0) is 29.8 Å². The van der Waals surface area contributed by atoms with E-state index in [0.717, 1.165) is 47.8 Å². The van der Waals surface area contributed by atoms with Gasteiger partial charge in [0.25, 0.3) is 0 Å². The number of nitrogens with zero attached hydrogens (tertiary/aromatic N) is 4. The lowest BCUT2D eigenvalue weighted by atomic mass is 10.1. The number of aromatic nitrogens is 4. The number of benzene rings is 1. The molecular formula is C17H17FN6. The monoisotopic (exact) mass is 324 g/mol. The van der Waals surface area contributed by atoms with E-state index in [1.165, 1.54) is 12.1 Å². The lowest BCUT2D eigenvalue weighted by Gasteiger charge is -2.26. The second-order valence-electron chi connectivity index (χ2n) is 5.91. The molecular weight excluding hydrogens is 307 g/mol. The van der Waals surface area contributed by atoms with E-state index >= 15 is 0 Å². The third kappa shape index (κ3) is 2.98. The van der Waals surface area contributed by atoms with Gasteiger partial charge in [-0.1, -0.05) is 0 Å². The number of nitrogens with one attached hydrogen (secondary N) is 1. The van der Waals surface area contributed by atoms with E-state index in [1.807, 2.05) is 0 Å². The van der Waals surface area contributed by atoms with E-state index in [9.17, 15) is 4.39 Å². The Morgan fingerprint density at radius 2 is 2.00 bits per heavy atom. The molecule has 6 nitrogen and oxygen atoms in total. The molecule has 2 aromatic heterocycles. The van der Waals surface area contributed by atoms with Crippen molar-refractivity contribution in [1.82, 2.24) is 24.8 Å². The van der Waals surface area contributed by atoms with Gasteiger partial charge in [0.05, 0.1) is 24.1 Å². The summed E-state index contributed by atoms with van der Waals surface area (Å²) >= 11 is 0. The number of halogens is 1. The highest BCUT2D eigenvalue weighted by atomic mass is 19.1. The van der Waals surface area contributed by atoms with E-state index in [4.69, 9.17) is 5.73 Å². The second kappa shape index (κ2) is 6.01. The molecule has 7 heteroatoms. The molecule has 1 aliphatic rings. The minimum Gasteiger partial charge on any atom is -0.368 e. The Morgan fingerprint density at radius 1 is 1.17 bits per heavy atom. The molecule has 0 atom stereocenters. The first-order chi connectivity index (χ1) is 11.7. The van der Waals surface area contributed by atoms with Crippen LogP contribution in [0.3, 0.4) is 0 Å². The zero-order valence-corrected chi connectivity index (χ0v) is 13.0. The SMILES string of the molecule is Nc1ncc2c(n1)CCN(Cc1ncc(-c3ccc(F)cc3)[nH]1)C2. The van der Waals surface area contributed by atoms with Crippen molar-refractivity contribution >= 4 is 5.95 Å². The maximum atomic E-state index is 13.0. The highest BCUT2D eigenvalue weighted by molar-refractivity contribution is 5.58. The topological polar surface area (TPSA) is 83.7 Å². The fraction of sp³-hybridized carbons (Fsp3) is 0.235. The first kappa shape index (κ1) is 14.8. The predicted molar refractivity (Wildman–Crippen MR) is 88.2 cm³/mol. The molecule has 24 heavy (non-hydrogen) atoms. The molecule has 0 saturated heterocycles. The van der Waals surface area contributed by atoms with Crippen molar-refractivity contribution in [2.45, 2.75) is 19.5 Å². The van der Waals surface area contributed by atoms with E-state index in [2.05, 4.69) is 24.8 Å². The Labute approximate surface area is 138 Å². The number of nitrogen functional groups attached to an aromatic ring is 1. The molecule has 0 fully saturated rings. The van der Waals surface area contributed by atoms with Gasteiger partial charge < -0.3 is 10.7 Å². The summed E-state index contributed by atoms with van der Waals surface area (Å²) in [6.45, 7) is 2.39. The van der Waals surface area contributed by atoms with Gasteiger partial charge in [0.1, 0.15) is 11.6 Å². The van der Waals surface area contributed by atoms with Crippen LogP contribution in [0, 0.1) is 5.82 Å². The number of hydrogen-bond acceptors (Lipinski definition) is 5. The molecule has 3 aromatic rings. The van der Waals surface area contributed by atoms with Crippen LogP contribution in [-0.2, 0) is 19.5 Å². The third-order valence-electron chi connectivity index (χ3n) is 4.19. The highest BCUT2D eigenvalue weighted by Crippen LogP contribution is 2.20. The van der Waals surface area contributed by atoms with Crippen molar-refractivity contribution in [2.24, 2.45) is 0 Å². The zero-order valence-electron chi connectivity index (χ0n) is 13.0. The highest BCUT2D eigenvalue weighted by Gasteiger charge is 2.19. The summed E-state index contributed by atoms with van der Waals surface area (Å²) in [4.78, 5) is 18.4. The molecule has 3 heterocycles. The van der Waals surface area contributed by atoms with Gasteiger partial charge in [0.2, 0.25) is 5.95 Å². The minimum atomic E-state index is -0.242. The lowest BCUT2D eigenvalue weighted by molar-refractivity contribution is 0.237. The average Bonchev–Trinajstić information content (AvgIpc) is 3.04. The van der Waals surface area contributed by atoms with E-state index in [1.54, 1.807) is 24.5 Å². The van der Waals surface area contributed by atoms with Crippen molar-refractivity contribution in [3.63, 3.8) is 0 Å². The van der Waals surface area contributed by atoms with E-state index < -0.39 is 0 Å². The van der Waals surface area contributed by atoms with Crippen LogP contribution in [0.2, 0.25) is 0 Å². The molecule has 4 rings (SSSR count). The van der Waals surface area contributed by atoms with Gasteiger partial charge in [-0.3, -0.25) is 4.90 Å². The van der Waals surface area contributed by atoms with E-state index in [-0.39, 0.29) is 5.82 Å². The number of rotatable bonds is 3. The number of fused-ring (bicyclic) bond motifs is 1. The van der Waals surface area contributed by atoms with Crippen LogP contribution in [0.25, 0.3) is 11.3 Å². The summed E-state index contributed by atoms with van der Waals surface area (Å²) in [6.07, 6.45) is 4.44. The molecule has 0 aliphatic carbocycles. The Balaban J connectivity index is 1.47. The molecule has 0 unspecified atom stereocenters. The van der Waals surface area contributed by atoms with Gasteiger partial charge in [0.15, 0.2) is 0 Å². The minimum absolute atomic E-state index is 0.242.